The van der Waals surface area contributed by atoms with Crippen LogP contribution in [0.2, 0.25) is 0 Å². The van der Waals surface area contributed by atoms with Crippen LogP contribution in [0.4, 0.5) is 0 Å². The number of methoxy groups -OCH3 is 1. The highest BCUT2D eigenvalue weighted by Gasteiger charge is 2.06. The molecule has 3 nitrogen and oxygen atoms in total. The first-order valence-corrected chi connectivity index (χ1v) is 8.38. The van der Waals surface area contributed by atoms with E-state index in [1.807, 2.05) is 66.7 Å². The quantitative estimate of drug-likeness (QED) is 0.438. The summed E-state index contributed by atoms with van der Waals surface area (Å²) in [6.45, 7) is 0.452. The highest BCUT2D eigenvalue weighted by Crippen LogP contribution is 2.29. The minimum atomic E-state index is -0.0341. The zero-order valence-corrected chi connectivity index (χ0v) is 14.6. The molecule has 3 aromatic carbocycles. The molecule has 130 valence electrons. The van der Waals surface area contributed by atoms with Gasteiger partial charge < -0.3 is 9.47 Å². The van der Waals surface area contributed by atoms with Gasteiger partial charge in [0.05, 0.1) is 7.11 Å². The molecule has 0 saturated carbocycles. The highest BCUT2D eigenvalue weighted by molar-refractivity contribution is 6.06. The number of ether oxygens (including phenoxy) is 2. The standard InChI is InChI=1S/C23H20O3/c1-25-22-15-13-18(12-14-21(24)20-10-6-3-7-11-20)16-23(22)26-17-19-8-4-2-5-9-19/h2-16H,17H2,1H3. The number of ketones is 1. The van der Waals surface area contributed by atoms with E-state index in [1.54, 1.807) is 31.4 Å². The molecule has 0 heterocycles. The maximum Gasteiger partial charge on any atom is 0.185 e. The number of benzene rings is 3. The van der Waals surface area contributed by atoms with Crippen molar-refractivity contribution in [1.29, 1.82) is 0 Å². The van der Waals surface area contributed by atoms with Crippen LogP contribution >= 0.6 is 0 Å². The van der Waals surface area contributed by atoms with Crippen LogP contribution in [0.5, 0.6) is 11.5 Å². The summed E-state index contributed by atoms with van der Waals surface area (Å²) in [6.07, 6.45) is 3.35. The summed E-state index contributed by atoms with van der Waals surface area (Å²) in [7, 11) is 1.61. The molecule has 0 spiro atoms. The van der Waals surface area contributed by atoms with E-state index in [9.17, 15) is 4.79 Å². The lowest BCUT2D eigenvalue weighted by molar-refractivity contribution is 0.104. The second-order valence-electron chi connectivity index (χ2n) is 5.75. The number of hydrogen-bond acceptors (Lipinski definition) is 3. The van der Waals surface area contributed by atoms with Gasteiger partial charge in [-0.2, -0.15) is 0 Å². The summed E-state index contributed by atoms with van der Waals surface area (Å²) in [6, 6.07) is 24.7. The third-order valence-corrected chi connectivity index (χ3v) is 3.91. The van der Waals surface area contributed by atoms with E-state index in [-0.39, 0.29) is 5.78 Å². The van der Waals surface area contributed by atoms with Gasteiger partial charge in [-0.1, -0.05) is 72.8 Å². The molecule has 0 unspecified atom stereocenters. The molecule has 26 heavy (non-hydrogen) atoms. The number of rotatable bonds is 7. The van der Waals surface area contributed by atoms with Crippen LogP contribution < -0.4 is 9.47 Å². The molecule has 0 amide bonds. The maximum atomic E-state index is 12.2. The Morgan fingerprint density at radius 3 is 2.27 bits per heavy atom. The van der Waals surface area contributed by atoms with E-state index in [1.165, 1.54) is 0 Å². The first kappa shape index (κ1) is 17.5. The highest BCUT2D eigenvalue weighted by atomic mass is 16.5. The second-order valence-corrected chi connectivity index (χ2v) is 5.75. The Morgan fingerprint density at radius 1 is 0.885 bits per heavy atom. The smallest absolute Gasteiger partial charge is 0.185 e. The van der Waals surface area contributed by atoms with Gasteiger partial charge in [-0.3, -0.25) is 4.79 Å². The summed E-state index contributed by atoms with van der Waals surface area (Å²) in [5, 5.41) is 0. The Morgan fingerprint density at radius 2 is 1.58 bits per heavy atom. The first-order chi connectivity index (χ1) is 12.8. The minimum absolute atomic E-state index is 0.0341. The van der Waals surface area contributed by atoms with E-state index in [0.717, 1.165) is 11.1 Å². The van der Waals surface area contributed by atoms with Crippen LogP contribution in [0.25, 0.3) is 6.08 Å². The van der Waals surface area contributed by atoms with Crippen molar-refractivity contribution in [2.75, 3.05) is 7.11 Å². The van der Waals surface area contributed by atoms with Crippen molar-refractivity contribution < 1.29 is 14.3 Å². The second kappa shape index (κ2) is 8.67. The van der Waals surface area contributed by atoms with E-state index < -0.39 is 0 Å². The largest absolute Gasteiger partial charge is 0.493 e. The molecule has 0 N–H and O–H groups in total. The van der Waals surface area contributed by atoms with Crippen molar-refractivity contribution in [2.45, 2.75) is 6.61 Å². The van der Waals surface area contributed by atoms with Gasteiger partial charge >= 0.3 is 0 Å². The zero-order valence-electron chi connectivity index (χ0n) is 14.6. The third kappa shape index (κ3) is 4.61. The van der Waals surface area contributed by atoms with Gasteiger partial charge in [-0.15, -0.1) is 0 Å². The molecule has 0 aromatic heterocycles. The lowest BCUT2D eigenvalue weighted by Crippen LogP contribution is -1.98. The minimum Gasteiger partial charge on any atom is -0.493 e. The number of carbonyl (C=O) groups is 1. The Labute approximate surface area is 153 Å². The van der Waals surface area contributed by atoms with Crippen molar-refractivity contribution in [1.82, 2.24) is 0 Å². The van der Waals surface area contributed by atoms with Crippen LogP contribution in [-0.2, 0) is 6.61 Å². The SMILES string of the molecule is COc1ccc(C=CC(=O)c2ccccc2)cc1OCc1ccccc1. The van der Waals surface area contributed by atoms with Crippen LogP contribution in [0.1, 0.15) is 21.5 Å². The van der Waals surface area contributed by atoms with Crippen LogP contribution in [-0.4, -0.2) is 12.9 Å². The van der Waals surface area contributed by atoms with E-state index in [4.69, 9.17) is 9.47 Å². The number of hydrogen-bond donors (Lipinski definition) is 0. The van der Waals surface area contributed by atoms with Crippen LogP contribution in [0, 0.1) is 0 Å². The van der Waals surface area contributed by atoms with E-state index in [2.05, 4.69) is 0 Å². The summed E-state index contributed by atoms with van der Waals surface area (Å²) >= 11 is 0. The van der Waals surface area contributed by atoms with Gasteiger partial charge in [0, 0.05) is 5.56 Å². The fourth-order valence-corrected chi connectivity index (χ4v) is 2.52. The first-order valence-electron chi connectivity index (χ1n) is 8.38. The van der Waals surface area contributed by atoms with Crippen molar-refractivity contribution in [3.8, 4) is 11.5 Å². The Bertz CT molecular complexity index is 884. The fraction of sp³-hybridized carbons (Fsp3) is 0.0870. The number of carbonyl (C=O) groups excluding carboxylic acids is 1. The predicted octanol–water partition coefficient (Wildman–Crippen LogP) is 5.17. The monoisotopic (exact) mass is 344 g/mol. The van der Waals surface area contributed by atoms with Gasteiger partial charge in [-0.25, -0.2) is 0 Å². The molecule has 3 heteroatoms. The summed E-state index contributed by atoms with van der Waals surface area (Å²) in [4.78, 5) is 12.2. The average molecular weight is 344 g/mol. The van der Waals surface area contributed by atoms with Crippen LogP contribution in [0.15, 0.2) is 84.9 Å². The lowest BCUT2D eigenvalue weighted by atomic mass is 10.1. The molecule has 0 fully saturated rings. The molecular formula is C23H20O3. The molecule has 0 radical (unpaired) electrons. The fourth-order valence-electron chi connectivity index (χ4n) is 2.52. The van der Waals surface area contributed by atoms with Gasteiger partial charge in [-0.05, 0) is 29.3 Å². The summed E-state index contributed by atoms with van der Waals surface area (Å²) in [5.74, 6) is 1.27. The molecule has 3 aromatic rings. The van der Waals surface area contributed by atoms with Crippen molar-refractivity contribution >= 4 is 11.9 Å². The van der Waals surface area contributed by atoms with Crippen molar-refractivity contribution in [3.05, 3.63) is 102 Å². The Hall–Kier alpha value is -3.33. The van der Waals surface area contributed by atoms with Gasteiger partial charge in [0.25, 0.3) is 0 Å². The lowest BCUT2D eigenvalue weighted by Gasteiger charge is -2.11. The predicted molar refractivity (Wildman–Crippen MR) is 104 cm³/mol. The Kier molecular flexibility index (Phi) is 5.84. The van der Waals surface area contributed by atoms with Crippen LogP contribution in [0.3, 0.4) is 0 Å². The molecule has 0 aliphatic heterocycles. The normalized spacial score (nSPS) is 10.7. The average Bonchev–Trinajstić information content (AvgIpc) is 2.72. The molecule has 0 bridgehead atoms. The van der Waals surface area contributed by atoms with Crippen molar-refractivity contribution in [2.24, 2.45) is 0 Å². The molecule has 3 rings (SSSR count). The molecule has 0 atom stereocenters. The topological polar surface area (TPSA) is 35.5 Å². The van der Waals surface area contributed by atoms with E-state index >= 15 is 0 Å². The molecule has 0 aliphatic rings. The van der Waals surface area contributed by atoms with Gasteiger partial charge in [0.1, 0.15) is 6.61 Å². The molecular weight excluding hydrogens is 324 g/mol. The summed E-state index contributed by atoms with van der Waals surface area (Å²) < 4.78 is 11.3. The zero-order chi connectivity index (χ0) is 18.2. The maximum absolute atomic E-state index is 12.2. The Balaban J connectivity index is 1.74. The summed E-state index contributed by atoms with van der Waals surface area (Å²) in [5.41, 5.74) is 2.62. The van der Waals surface area contributed by atoms with Gasteiger partial charge in [0.2, 0.25) is 0 Å². The molecule has 0 aliphatic carbocycles. The van der Waals surface area contributed by atoms with E-state index in [0.29, 0.717) is 23.7 Å². The third-order valence-electron chi connectivity index (χ3n) is 3.91. The van der Waals surface area contributed by atoms with Crippen molar-refractivity contribution in [3.63, 3.8) is 0 Å². The van der Waals surface area contributed by atoms with Gasteiger partial charge in [0.15, 0.2) is 17.3 Å². The number of allylic oxidation sites excluding steroid dienone is 1. The molecule has 0 saturated heterocycles.